The number of unbranched alkanes of at least 4 members (excludes halogenated alkanes) is 3. The molecule has 0 unspecified atom stereocenters. The van der Waals surface area contributed by atoms with E-state index >= 15 is 0 Å². The Morgan fingerprint density at radius 1 is 0.800 bits per heavy atom. The number of hydrogen-bond donors (Lipinski definition) is 0. The fraction of sp³-hybridized carbons (Fsp3) is 0.357. The molecule has 0 radical (unpaired) electrons. The minimum absolute atomic E-state index is 0.690. The van der Waals surface area contributed by atoms with Gasteiger partial charge in [0.1, 0.15) is 6.29 Å². The van der Waals surface area contributed by atoms with E-state index in [2.05, 4.69) is 6.08 Å². The Hall–Kier alpha value is -1.37. The summed E-state index contributed by atoms with van der Waals surface area (Å²) < 4.78 is 0. The molecule has 15 heavy (non-hydrogen) atoms. The molecule has 0 aliphatic rings. The van der Waals surface area contributed by atoms with Crippen LogP contribution in [0.15, 0.2) is 48.6 Å². The van der Waals surface area contributed by atoms with Crippen molar-refractivity contribution in [1.82, 2.24) is 0 Å². The standard InChI is InChI=1S/C14H20O/c1-2-3-4-5-6-7-8-9-10-11-12-13-14-15/h2-9,14H,10-13H2,1H3. The lowest BCUT2D eigenvalue weighted by atomic mass is 10.2. The van der Waals surface area contributed by atoms with Crippen LogP contribution in [0.4, 0.5) is 0 Å². The van der Waals surface area contributed by atoms with Crippen LogP contribution in [0.1, 0.15) is 32.6 Å². The van der Waals surface area contributed by atoms with E-state index in [9.17, 15) is 4.79 Å². The number of allylic oxidation sites excluding steroid dienone is 8. The highest BCUT2D eigenvalue weighted by Gasteiger charge is 1.82. The predicted octanol–water partition coefficient (Wildman–Crippen LogP) is 3.99. The molecule has 0 atom stereocenters. The maximum absolute atomic E-state index is 10.0. The number of carbonyl (C=O) groups is 1. The van der Waals surface area contributed by atoms with Crippen LogP contribution in [0.25, 0.3) is 0 Å². The molecule has 0 heterocycles. The Morgan fingerprint density at radius 3 is 2.07 bits per heavy atom. The largest absolute Gasteiger partial charge is 0.303 e. The lowest BCUT2D eigenvalue weighted by Crippen LogP contribution is -1.75. The molecule has 0 fully saturated rings. The van der Waals surface area contributed by atoms with Crippen LogP contribution in [-0.2, 0) is 4.79 Å². The van der Waals surface area contributed by atoms with Crippen LogP contribution in [0, 0.1) is 0 Å². The van der Waals surface area contributed by atoms with E-state index in [0.29, 0.717) is 6.42 Å². The van der Waals surface area contributed by atoms with Crippen molar-refractivity contribution < 1.29 is 4.79 Å². The fourth-order valence-corrected chi connectivity index (χ4v) is 1.03. The van der Waals surface area contributed by atoms with E-state index in [1.54, 1.807) is 0 Å². The Kier molecular flexibility index (Phi) is 11.5. The summed E-state index contributed by atoms with van der Waals surface area (Å²) in [6.07, 6.45) is 21.0. The summed E-state index contributed by atoms with van der Waals surface area (Å²) in [4.78, 5) is 10.0. The molecule has 0 rings (SSSR count). The van der Waals surface area contributed by atoms with Crippen LogP contribution >= 0.6 is 0 Å². The van der Waals surface area contributed by atoms with Crippen LogP contribution in [0.3, 0.4) is 0 Å². The van der Waals surface area contributed by atoms with E-state index in [1.807, 2.05) is 49.5 Å². The molecule has 0 bridgehead atoms. The molecule has 0 saturated heterocycles. The predicted molar refractivity (Wildman–Crippen MR) is 66.8 cm³/mol. The summed E-state index contributed by atoms with van der Waals surface area (Å²) >= 11 is 0. The van der Waals surface area contributed by atoms with Crippen molar-refractivity contribution in [1.29, 1.82) is 0 Å². The van der Waals surface area contributed by atoms with Crippen molar-refractivity contribution in [3.05, 3.63) is 48.6 Å². The van der Waals surface area contributed by atoms with Crippen LogP contribution in [-0.4, -0.2) is 6.29 Å². The second-order valence-corrected chi connectivity index (χ2v) is 3.17. The first kappa shape index (κ1) is 13.6. The summed E-state index contributed by atoms with van der Waals surface area (Å²) in [6, 6.07) is 0. The molecule has 0 saturated carbocycles. The monoisotopic (exact) mass is 204 g/mol. The Labute approximate surface area is 92.9 Å². The second-order valence-electron chi connectivity index (χ2n) is 3.17. The lowest BCUT2D eigenvalue weighted by Gasteiger charge is -1.89. The number of carbonyl (C=O) groups excluding carboxylic acids is 1. The van der Waals surface area contributed by atoms with Gasteiger partial charge in [-0.3, -0.25) is 0 Å². The maximum Gasteiger partial charge on any atom is 0.119 e. The van der Waals surface area contributed by atoms with E-state index in [0.717, 1.165) is 25.5 Å². The van der Waals surface area contributed by atoms with Crippen molar-refractivity contribution in [2.75, 3.05) is 0 Å². The first-order chi connectivity index (χ1) is 7.41. The van der Waals surface area contributed by atoms with E-state index in [4.69, 9.17) is 0 Å². The topological polar surface area (TPSA) is 17.1 Å². The van der Waals surface area contributed by atoms with Gasteiger partial charge in [-0.05, 0) is 26.2 Å². The van der Waals surface area contributed by atoms with Gasteiger partial charge in [-0.2, -0.15) is 0 Å². The van der Waals surface area contributed by atoms with Crippen LogP contribution in [0.2, 0.25) is 0 Å². The van der Waals surface area contributed by atoms with E-state index in [1.165, 1.54) is 0 Å². The van der Waals surface area contributed by atoms with Gasteiger partial charge in [-0.15, -0.1) is 0 Å². The number of hydrogen-bond acceptors (Lipinski definition) is 1. The molecule has 1 heteroatoms. The summed E-state index contributed by atoms with van der Waals surface area (Å²) in [6.45, 7) is 1.99. The molecular weight excluding hydrogens is 184 g/mol. The molecule has 0 spiro atoms. The second kappa shape index (κ2) is 12.6. The Morgan fingerprint density at radius 2 is 1.40 bits per heavy atom. The molecule has 0 aromatic rings. The first-order valence-corrected chi connectivity index (χ1v) is 5.46. The molecule has 0 N–H and O–H groups in total. The van der Waals surface area contributed by atoms with Gasteiger partial charge < -0.3 is 4.79 Å². The Balaban J connectivity index is 3.40. The lowest BCUT2D eigenvalue weighted by molar-refractivity contribution is -0.107. The first-order valence-electron chi connectivity index (χ1n) is 5.46. The molecular formula is C14H20O. The van der Waals surface area contributed by atoms with Crippen molar-refractivity contribution in [3.8, 4) is 0 Å². The van der Waals surface area contributed by atoms with Crippen molar-refractivity contribution in [2.24, 2.45) is 0 Å². The highest BCUT2D eigenvalue weighted by molar-refractivity contribution is 5.48. The minimum Gasteiger partial charge on any atom is -0.303 e. The number of rotatable bonds is 8. The molecule has 82 valence electrons. The Bertz CT molecular complexity index is 244. The van der Waals surface area contributed by atoms with E-state index in [-0.39, 0.29) is 0 Å². The zero-order valence-electron chi connectivity index (χ0n) is 9.43. The third-order valence-electron chi connectivity index (χ3n) is 1.83. The van der Waals surface area contributed by atoms with Gasteiger partial charge in [0.25, 0.3) is 0 Å². The summed E-state index contributed by atoms with van der Waals surface area (Å²) in [5.41, 5.74) is 0. The molecule has 0 amide bonds. The minimum atomic E-state index is 0.690. The molecule has 0 aromatic carbocycles. The highest BCUT2D eigenvalue weighted by Crippen LogP contribution is 1.98. The molecule has 0 aliphatic carbocycles. The summed E-state index contributed by atoms with van der Waals surface area (Å²) in [5.74, 6) is 0. The summed E-state index contributed by atoms with van der Waals surface area (Å²) in [5, 5.41) is 0. The van der Waals surface area contributed by atoms with Gasteiger partial charge in [0.05, 0.1) is 0 Å². The average Bonchev–Trinajstić information content (AvgIpc) is 2.26. The van der Waals surface area contributed by atoms with Gasteiger partial charge in [-0.1, -0.05) is 48.6 Å². The van der Waals surface area contributed by atoms with Gasteiger partial charge >= 0.3 is 0 Å². The quantitative estimate of drug-likeness (QED) is 0.332. The fourth-order valence-electron chi connectivity index (χ4n) is 1.03. The normalized spacial score (nSPS) is 12.6. The molecule has 1 nitrogen and oxygen atoms in total. The van der Waals surface area contributed by atoms with Crippen LogP contribution < -0.4 is 0 Å². The van der Waals surface area contributed by atoms with Gasteiger partial charge in [0.15, 0.2) is 0 Å². The average molecular weight is 204 g/mol. The number of aldehydes is 1. The van der Waals surface area contributed by atoms with E-state index < -0.39 is 0 Å². The highest BCUT2D eigenvalue weighted by atomic mass is 16.1. The molecule has 0 aromatic heterocycles. The van der Waals surface area contributed by atoms with Crippen molar-refractivity contribution >= 4 is 6.29 Å². The van der Waals surface area contributed by atoms with Crippen molar-refractivity contribution in [3.63, 3.8) is 0 Å². The third-order valence-corrected chi connectivity index (χ3v) is 1.83. The third kappa shape index (κ3) is 12.6. The zero-order chi connectivity index (χ0) is 11.2. The van der Waals surface area contributed by atoms with Gasteiger partial charge in [0, 0.05) is 6.42 Å². The zero-order valence-corrected chi connectivity index (χ0v) is 9.43. The van der Waals surface area contributed by atoms with Gasteiger partial charge in [0.2, 0.25) is 0 Å². The smallest absolute Gasteiger partial charge is 0.119 e. The summed E-state index contributed by atoms with van der Waals surface area (Å²) in [7, 11) is 0. The van der Waals surface area contributed by atoms with Crippen LogP contribution in [0.5, 0.6) is 0 Å². The van der Waals surface area contributed by atoms with Gasteiger partial charge in [-0.25, -0.2) is 0 Å². The SMILES string of the molecule is CC=CC=CC=CC=CCCCCC=O. The van der Waals surface area contributed by atoms with Crippen molar-refractivity contribution in [2.45, 2.75) is 32.6 Å². The maximum atomic E-state index is 10.0. The molecule has 0 aliphatic heterocycles.